The maximum atomic E-state index is 14.5. The summed E-state index contributed by atoms with van der Waals surface area (Å²) in [6, 6.07) is 5.05. The van der Waals surface area contributed by atoms with Gasteiger partial charge in [-0.1, -0.05) is 59.6 Å². The number of methoxy groups -OCH3 is 1. The summed E-state index contributed by atoms with van der Waals surface area (Å²) in [6.07, 6.45) is 3.35. The van der Waals surface area contributed by atoms with Gasteiger partial charge in [0.2, 0.25) is 0 Å². The Bertz CT molecular complexity index is 683. The number of unbranched alkanes of at least 4 members (excludes halogenated alkanes) is 1. The predicted molar refractivity (Wildman–Crippen MR) is 124 cm³/mol. The molecule has 3 nitrogen and oxygen atoms in total. The predicted octanol–water partition coefficient (Wildman–Crippen LogP) is 7.45. The van der Waals surface area contributed by atoms with Crippen LogP contribution in [0, 0.1) is 11.2 Å². The van der Waals surface area contributed by atoms with Crippen LogP contribution in [-0.2, 0) is 14.0 Å². The highest BCUT2D eigenvalue weighted by molar-refractivity contribution is 9.10. The minimum atomic E-state index is -1.76. The van der Waals surface area contributed by atoms with Crippen molar-refractivity contribution in [2.75, 3.05) is 13.7 Å². The minimum absolute atomic E-state index is 0.0668. The molecule has 1 atom stereocenters. The summed E-state index contributed by atoms with van der Waals surface area (Å²) in [7, 11) is -0.409. The Morgan fingerprint density at radius 1 is 1.17 bits per heavy atom. The topological polar surface area (TPSA) is 35.5 Å². The average molecular weight is 490 g/mol. The smallest absolute Gasteiger partial charge is 0.313 e. The number of ether oxygens (including phenoxy) is 1. The van der Waals surface area contributed by atoms with Gasteiger partial charge in [-0.15, -0.1) is 0 Å². The van der Waals surface area contributed by atoms with E-state index in [4.69, 9.17) is 9.16 Å². The fourth-order valence-electron chi connectivity index (χ4n) is 2.95. The first kappa shape index (κ1) is 26.3. The van der Waals surface area contributed by atoms with Gasteiger partial charge < -0.3 is 9.16 Å². The molecular weight excluding hydrogens is 451 g/mol. The SMILES string of the molecule is COC(=O)C(CCCCC(C)(C)CO[Si](C)(C)C(C)(C)C)c1cccc(Br)c1F. The lowest BCUT2D eigenvalue weighted by Gasteiger charge is -2.39. The highest BCUT2D eigenvalue weighted by Gasteiger charge is 2.38. The van der Waals surface area contributed by atoms with Crippen molar-refractivity contribution in [3.05, 3.63) is 34.1 Å². The Labute approximate surface area is 186 Å². The van der Waals surface area contributed by atoms with Gasteiger partial charge in [-0.2, -0.15) is 0 Å². The monoisotopic (exact) mass is 488 g/mol. The summed E-state index contributed by atoms with van der Waals surface area (Å²) in [5.41, 5.74) is 0.462. The first-order valence-corrected chi connectivity index (χ1v) is 14.1. The Morgan fingerprint density at radius 2 is 1.79 bits per heavy atom. The fourth-order valence-corrected chi connectivity index (χ4v) is 4.51. The number of carbonyl (C=O) groups excluding carboxylic acids is 1. The van der Waals surface area contributed by atoms with Crippen LogP contribution in [0.1, 0.15) is 71.8 Å². The molecule has 0 heterocycles. The second-order valence-electron chi connectivity index (χ2n) is 10.2. The van der Waals surface area contributed by atoms with Crippen LogP contribution < -0.4 is 0 Å². The molecule has 0 aromatic heterocycles. The number of carbonyl (C=O) groups is 1. The molecule has 0 amide bonds. The number of esters is 1. The molecule has 0 N–H and O–H groups in total. The van der Waals surface area contributed by atoms with Crippen molar-refractivity contribution in [1.82, 2.24) is 0 Å². The quantitative estimate of drug-likeness (QED) is 0.194. The molecule has 6 heteroatoms. The molecule has 1 aromatic carbocycles. The number of hydrogen-bond donors (Lipinski definition) is 0. The Morgan fingerprint density at radius 3 is 2.34 bits per heavy atom. The number of hydrogen-bond acceptors (Lipinski definition) is 3. The normalized spacial score (nSPS) is 14.0. The van der Waals surface area contributed by atoms with E-state index in [9.17, 15) is 9.18 Å². The molecule has 0 saturated heterocycles. The summed E-state index contributed by atoms with van der Waals surface area (Å²) in [5, 5.41) is 0.199. The van der Waals surface area contributed by atoms with Crippen molar-refractivity contribution in [3.63, 3.8) is 0 Å². The molecule has 0 fully saturated rings. The molecule has 1 rings (SSSR count). The lowest BCUT2D eigenvalue weighted by Crippen LogP contribution is -2.43. The third-order valence-electron chi connectivity index (χ3n) is 6.07. The van der Waals surface area contributed by atoms with Gasteiger partial charge in [0.05, 0.1) is 17.5 Å². The number of halogens is 2. The van der Waals surface area contributed by atoms with Gasteiger partial charge in [-0.25, -0.2) is 4.39 Å². The largest absolute Gasteiger partial charge is 0.469 e. The van der Waals surface area contributed by atoms with Crippen molar-refractivity contribution in [2.45, 2.75) is 84.4 Å². The van der Waals surface area contributed by atoms with E-state index in [1.165, 1.54) is 7.11 Å². The van der Waals surface area contributed by atoms with Crippen molar-refractivity contribution in [3.8, 4) is 0 Å². The number of benzene rings is 1. The van der Waals surface area contributed by atoms with E-state index in [-0.39, 0.29) is 22.2 Å². The third kappa shape index (κ3) is 7.80. The molecule has 0 aliphatic rings. The first-order chi connectivity index (χ1) is 13.2. The Balaban J connectivity index is 2.65. The van der Waals surface area contributed by atoms with Crippen LogP contribution in [0.5, 0.6) is 0 Å². The highest BCUT2D eigenvalue weighted by atomic mass is 79.9. The lowest BCUT2D eigenvalue weighted by molar-refractivity contribution is -0.142. The van der Waals surface area contributed by atoms with Gasteiger partial charge >= 0.3 is 5.97 Å². The molecule has 0 bridgehead atoms. The Kier molecular flexibility index (Phi) is 9.56. The van der Waals surface area contributed by atoms with Crippen LogP contribution >= 0.6 is 15.9 Å². The van der Waals surface area contributed by atoms with Gasteiger partial charge in [0.15, 0.2) is 8.32 Å². The van der Waals surface area contributed by atoms with Gasteiger partial charge in [0, 0.05) is 12.2 Å². The second-order valence-corrected chi connectivity index (χ2v) is 15.8. The average Bonchev–Trinajstić information content (AvgIpc) is 2.61. The van der Waals surface area contributed by atoms with Crippen molar-refractivity contribution < 1.29 is 18.3 Å². The van der Waals surface area contributed by atoms with E-state index in [0.717, 1.165) is 25.9 Å². The highest BCUT2D eigenvalue weighted by Crippen LogP contribution is 2.38. The molecule has 1 unspecified atom stereocenters. The molecule has 0 aliphatic heterocycles. The molecule has 0 radical (unpaired) electrons. The van der Waals surface area contributed by atoms with Gasteiger partial charge in [0.1, 0.15) is 5.82 Å². The van der Waals surface area contributed by atoms with Crippen LogP contribution in [0.2, 0.25) is 18.1 Å². The van der Waals surface area contributed by atoms with Gasteiger partial charge in [-0.05, 0) is 58.4 Å². The lowest BCUT2D eigenvalue weighted by atomic mass is 9.86. The maximum absolute atomic E-state index is 14.5. The molecule has 0 saturated carbocycles. The first-order valence-electron chi connectivity index (χ1n) is 10.4. The third-order valence-corrected chi connectivity index (χ3v) is 11.2. The zero-order valence-corrected chi connectivity index (χ0v) is 21.9. The van der Waals surface area contributed by atoms with Gasteiger partial charge in [-0.3, -0.25) is 4.79 Å². The van der Waals surface area contributed by atoms with Crippen molar-refractivity contribution in [1.29, 1.82) is 0 Å². The zero-order valence-electron chi connectivity index (χ0n) is 19.3. The maximum Gasteiger partial charge on any atom is 0.313 e. The molecule has 1 aromatic rings. The van der Waals surface area contributed by atoms with E-state index in [2.05, 4.69) is 63.6 Å². The summed E-state index contributed by atoms with van der Waals surface area (Å²) in [6.45, 7) is 16.5. The van der Waals surface area contributed by atoms with Crippen LogP contribution in [0.15, 0.2) is 22.7 Å². The Hall–Kier alpha value is -0.723. The summed E-state index contributed by atoms with van der Waals surface area (Å²) < 4.78 is 26.2. The fraction of sp³-hybridized carbons (Fsp3) is 0.696. The molecule has 0 spiro atoms. The summed E-state index contributed by atoms with van der Waals surface area (Å²) in [5.74, 6) is -1.35. The van der Waals surface area contributed by atoms with E-state index >= 15 is 0 Å². The van der Waals surface area contributed by atoms with Crippen LogP contribution in [-0.4, -0.2) is 28.0 Å². The van der Waals surface area contributed by atoms with Crippen molar-refractivity contribution in [2.24, 2.45) is 5.41 Å². The van der Waals surface area contributed by atoms with E-state index in [1.807, 2.05) is 0 Å². The van der Waals surface area contributed by atoms with Crippen molar-refractivity contribution >= 4 is 30.2 Å². The minimum Gasteiger partial charge on any atom is -0.469 e. The summed E-state index contributed by atoms with van der Waals surface area (Å²) in [4.78, 5) is 12.3. The van der Waals surface area contributed by atoms with E-state index < -0.39 is 14.2 Å². The molecular formula is C23H38BrFO3Si. The van der Waals surface area contributed by atoms with Crippen LogP contribution in [0.25, 0.3) is 0 Å². The zero-order chi connectivity index (χ0) is 22.5. The number of rotatable bonds is 10. The van der Waals surface area contributed by atoms with E-state index in [1.54, 1.807) is 18.2 Å². The standard InChI is InChI=1S/C23H38BrFO3Si/c1-22(2,3)29(7,8)28-16-23(4,5)15-10-9-12-18(21(26)27-6)17-13-11-14-19(24)20(17)25/h11,13-14,18H,9-10,12,15-16H2,1-8H3. The van der Waals surface area contributed by atoms with Crippen LogP contribution in [0.3, 0.4) is 0 Å². The molecule has 0 aliphatic carbocycles. The van der Waals surface area contributed by atoms with Crippen LogP contribution in [0.4, 0.5) is 4.39 Å². The molecule has 166 valence electrons. The van der Waals surface area contributed by atoms with E-state index in [0.29, 0.717) is 16.5 Å². The molecule has 29 heavy (non-hydrogen) atoms. The summed E-state index contributed by atoms with van der Waals surface area (Å²) >= 11 is 3.20. The second kappa shape index (κ2) is 10.5. The van der Waals surface area contributed by atoms with Gasteiger partial charge in [0.25, 0.3) is 0 Å².